The van der Waals surface area contributed by atoms with E-state index in [2.05, 4.69) is 19.3 Å². The van der Waals surface area contributed by atoms with Crippen LogP contribution in [0.25, 0.3) is 0 Å². The first kappa shape index (κ1) is 16.9. The third-order valence-corrected chi connectivity index (χ3v) is 5.60. The molecule has 0 saturated heterocycles. The van der Waals surface area contributed by atoms with Crippen molar-refractivity contribution in [2.24, 2.45) is 23.6 Å². The van der Waals surface area contributed by atoms with E-state index >= 15 is 0 Å². The van der Waals surface area contributed by atoms with Gasteiger partial charge in [0.05, 0.1) is 0 Å². The molecule has 1 aliphatic rings. The molecule has 0 heterocycles. The summed E-state index contributed by atoms with van der Waals surface area (Å²) in [5, 5.41) is 0. The van der Waals surface area contributed by atoms with Gasteiger partial charge in [0, 0.05) is 18.1 Å². The highest BCUT2D eigenvalue weighted by Gasteiger charge is 2.28. The van der Waals surface area contributed by atoms with Crippen molar-refractivity contribution < 1.29 is 8.42 Å². The number of hydrogen-bond acceptors (Lipinski definition) is 4. The summed E-state index contributed by atoms with van der Waals surface area (Å²) < 4.78 is 22.3. The second kappa shape index (κ2) is 7.60. The molecular formula is C14H30N2O2S. The Balaban J connectivity index is 2.36. The van der Waals surface area contributed by atoms with E-state index in [1.807, 2.05) is 0 Å². The highest BCUT2D eigenvalue weighted by atomic mass is 32.2. The fourth-order valence-corrected chi connectivity index (χ4v) is 3.93. The summed E-state index contributed by atoms with van der Waals surface area (Å²) in [6, 6.07) is 0.273. The molecule has 114 valence electrons. The second-order valence-electron chi connectivity index (χ2n) is 6.46. The quantitative estimate of drug-likeness (QED) is 0.556. The summed E-state index contributed by atoms with van der Waals surface area (Å²) in [4.78, 5) is 0. The Bertz CT molecular complexity index is 346. The number of rotatable bonds is 7. The minimum Gasteiger partial charge on any atom is -0.271 e. The van der Waals surface area contributed by atoms with Gasteiger partial charge in [-0.2, -0.15) is 0 Å². The van der Waals surface area contributed by atoms with Gasteiger partial charge >= 0.3 is 0 Å². The van der Waals surface area contributed by atoms with Crippen molar-refractivity contribution >= 4 is 9.84 Å². The standard InChI is InChI=1S/C14H30N2O2S/c1-11(2)12-6-8-13(9-7-12)14(16-15)5-4-10-19(3,17)18/h11-14,16H,4-10,15H2,1-3H3. The lowest BCUT2D eigenvalue weighted by atomic mass is 9.74. The fraction of sp³-hybridized carbons (Fsp3) is 1.00. The van der Waals surface area contributed by atoms with Crippen LogP contribution in [0.4, 0.5) is 0 Å². The van der Waals surface area contributed by atoms with Crippen molar-refractivity contribution in [3.8, 4) is 0 Å². The molecule has 1 rings (SSSR count). The lowest BCUT2D eigenvalue weighted by molar-refractivity contribution is 0.184. The van der Waals surface area contributed by atoms with E-state index in [0.717, 1.165) is 18.3 Å². The van der Waals surface area contributed by atoms with Crippen LogP contribution in [0.3, 0.4) is 0 Å². The lowest BCUT2D eigenvalue weighted by Crippen LogP contribution is -2.42. The van der Waals surface area contributed by atoms with Gasteiger partial charge < -0.3 is 0 Å². The van der Waals surface area contributed by atoms with Crippen LogP contribution >= 0.6 is 0 Å². The molecule has 0 aromatic carbocycles. The molecule has 1 unspecified atom stereocenters. The molecule has 4 nitrogen and oxygen atoms in total. The molecule has 19 heavy (non-hydrogen) atoms. The van der Waals surface area contributed by atoms with Crippen molar-refractivity contribution in [2.45, 2.75) is 58.4 Å². The average molecular weight is 290 g/mol. The minimum absolute atomic E-state index is 0.270. The predicted molar refractivity (Wildman–Crippen MR) is 80.3 cm³/mol. The summed E-state index contributed by atoms with van der Waals surface area (Å²) in [7, 11) is -2.85. The Morgan fingerprint density at radius 3 is 2.11 bits per heavy atom. The SMILES string of the molecule is CC(C)C1CCC(C(CCCS(C)(=O)=O)NN)CC1. The van der Waals surface area contributed by atoms with Crippen LogP contribution < -0.4 is 11.3 Å². The van der Waals surface area contributed by atoms with E-state index in [-0.39, 0.29) is 11.8 Å². The van der Waals surface area contributed by atoms with Crippen molar-refractivity contribution in [1.29, 1.82) is 0 Å². The first-order valence-electron chi connectivity index (χ1n) is 7.47. The van der Waals surface area contributed by atoms with Crippen LogP contribution in [-0.2, 0) is 9.84 Å². The monoisotopic (exact) mass is 290 g/mol. The van der Waals surface area contributed by atoms with Crippen LogP contribution in [0, 0.1) is 17.8 Å². The van der Waals surface area contributed by atoms with Gasteiger partial charge in [0.15, 0.2) is 0 Å². The molecule has 1 aliphatic carbocycles. The van der Waals surface area contributed by atoms with E-state index in [1.54, 1.807) is 0 Å². The number of hydrazine groups is 1. The Kier molecular flexibility index (Phi) is 6.77. The van der Waals surface area contributed by atoms with Gasteiger partial charge in [0.25, 0.3) is 0 Å². The summed E-state index contributed by atoms with van der Waals surface area (Å²) >= 11 is 0. The number of hydrogen-bond donors (Lipinski definition) is 2. The van der Waals surface area contributed by atoms with Crippen LogP contribution in [-0.4, -0.2) is 26.5 Å². The molecule has 0 spiro atoms. The molecule has 3 N–H and O–H groups in total. The van der Waals surface area contributed by atoms with Gasteiger partial charge in [0.1, 0.15) is 9.84 Å². The molecule has 5 heteroatoms. The zero-order valence-corrected chi connectivity index (χ0v) is 13.4. The summed E-state index contributed by atoms with van der Waals surface area (Å²) in [5.74, 6) is 8.16. The number of sulfone groups is 1. The molecule has 0 aromatic rings. The van der Waals surface area contributed by atoms with Crippen LogP contribution in [0.15, 0.2) is 0 Å². The number of nitrogens with two attached hydrogens (primary N) is 1. The maximum atomic E-state index is 11.1. The van der Waals surface area contributed by atoms with Gasteiger partial charge in [-0.05, 0) is 56.3 Å². The normalized spacial score (nSPS) is 26.6. The maximum Gasteiger partial charge on any atom is 0.147 e. The molecule has 0 radical (unpaired) electrons. The van der Waals surface area contributed by atoms with Crippen molar-refractivity contribution in [1.82, 2.24) is 5.43 Å². The van der Waals surface area contributed by atoms with Crippen LogP contribution in [0.5, 0.6) is 0 Å². The largest absolute Gasteiger partial charge is 0.271 e. The summed E-state index contributed by atoms with van der Waals surface area (Å²) in [6.45, 7) is 4.60. The van der Waals surface area contributed by atoms with E-state index in [9.17, 15) is 8.42 Å². The van der Waals surface area contributed by atoms with Crippen LogP contribution in [0.1, 0.15) is 52.4 Å². The topological polar surface area (TPSA) is 72.2 Å². The predicted octanol–water partition coefficient (Wildman–Crippen LogP) is 2.11. The van der Waals surface area contributed by atoms with Crippen molar-refractivity contribution in [3.63, 3.8) is 0 Å². The molecule has 0 amide bonds. The maximum absolute atomic E-state index is 11.1. The van der Waals surface area contributed by atoms with E-state index in [1.165, 1.54) is 31.9 Å². The Morgan fingerprint density at radius 2 is 1.68 bits per heavy atom. The van der Waals surface area contributed by atoms with Crippen LogP contribution in [0.2, 0.25) is 0 Å². The first-order chi connectivity index (χ1) is 8.83. The zero-order valence-electron chi connectivity index (χ0n) is 12.6. The highest BCUT2D eigenvalue weighted by molar-refractivity contribution is 7.90. The Hall–Kier alpha value is -0.130. The van der Waals surface area contributed by atoms with E-state index in [4.69, 9.17) is 5.84 Å². The lowest BCUT2D eigenvalue weighted by Gasteiger charge is -2.35. The minimum atomic E-state index is -2.85. The fourth-order valence-electron chi connectivity index (χ4n) is 3.23. The molecule has 1 atom stereocenters. The van der Waals surface area contributed by atoms with Crippen molar-refractivity contribution in [2.75, 3.05) is 12.0 Å². The highest BCUT2D eigenvalue weighted by Crippen LogP contribution is 2.35. The van der Waals surface area contributed by atoms with E-state index in [0.29, 0.717) is 12.3 Å². The second-order valence-corrected chi connectivity index (χ2v) is 8.72. The summed E-state index contributed by atoms with van der Waals surface area (Å²) in [5.41, 5.74) is 2.91. The molecule has 0 bridgehead atoms. The Labute approximate surface area is 118 Å². The van der Waals surface area contributed by atoms with Gasteiger partial charge in [-0.1, -0.05) is 13.8 Å². The van der Waals surface area contributed by atoms with E-state index < -0.39 is 9.84 Å². The Morgan fingerprint density at radius 1 is 1.16 bits per heavy atom. The smallest absolute Gasteiger partial charge is 0.147 e. The van der Waals surface area contributed by atoms with Gasteiger partial charge in [-0.25, -0.2) is 8.42 Å². The third kappa shape index (κ3) is 6.23. The molecule has 1 fully saturated rings. The molecule has 1 saturated carbocycles. The first-order valence-corrected chi connectivity index (χ1v) is 9.53. The van der Waals surface area contributed by atoms with Gasteiger partial charge in [-0.15, -0.1) is 0 Å². The molecule has 0 aliphatic heterocycles. The zero-order chi connectivity index (χ0) is 14.5. The summed E-state index contributed by atoms with van der Waals surface area (Å²) in [6.07, 6.45) is 7.87. The van der Waals surface area contributed by atoms with Gasteiger partial charge in [0.2, 0.25) is 0 Å². The number of nitrogens with one attached hydrogen (secondary N) is 1. The third-order valence-electron chi connectivity index (χ3n) is 4.57. The van der Waals surface area contributed by atoms with Gasteiger partial charge in [-0.3, -0.25) is 11.3 Å². The average Bonchev–Trinajstić information content (AvgIpc) is 2.33. The molecule has 0 aromatic heterocycles. The van der Waals surface area contributed by atoms with Crippen molar-refractivity contribution in [3.05, 3.63) is 0 Å². The molecular weight excluding hydrogens is 260 g/mol.